The lowest BCUT2D eigenvalue weighted by Crippen LogP contribution is -2.48. The van der Waals surface area contributed by atoms with E-state index in [1.165, 1.54) is 16.2 Å². The van der Waals surface area contributed by atoms with Crippen molar-refractivity contribution in [2.45, 2.75) is 13.0 Å². The molecule has 0 saturated carbocycles. The van der Waals surface area contributed by atoms with Gasteiger partial charge in [0.25, 0.3) is 5.91 Å². The topological polar surface area (TPSA) is 65.5 Å². The molecule has 2 amide bonds. The Morgan fingerprint density at radius 1 is 1.00 bits per heavy atom. The van der Waals surface area contributed by atoms with E-state index in [0.29, 0.717) is 16.4 Å². The van der Waals surface area contributed by atoms with Crippen molar-refractivity contribution in [2.24, 2.45) is 0 Å². The van der Waals surface area contributed by atoms with Gasteiger partial charge in [-0.2, -0.15) is 0 Å². The minimum absolute atomic E-state index is 0.0898. The minimum atomic E-state index is -0.195. The first-order valence-electron chi connectivity index (χ1n) is 9.51. The molecular formula is C21H22N4O2S2. The van der Waals surface area contributed by atoms with E-state index in [2.05, 4.69) is 32.7 Å². The first-order valence-corrected chi connectivity index (χ1v) is 11.3. The van der Waals surface area contributed by atoms with Gasteiger partial charge in [-0.05, 0) is 23.6 Å². The van der Waals surface area contributed by atoms with Gasteiger partial charge in [-0.1, -0.05) is 24.3 Å². The molecule has 1 aliphatic heterocycles. The Morgan fingerprint density at radius 3 is 2.52 bits per heavy atom. The van der Waals surface area contributed by atoms with Crippen LogP contribution in [0.3, 0.4) is 0 Å². The molecule has 8 heteroatoms. The maximum Gasteiger partial charge on any atom is 0.257 e. The van der Waals surface area contributed by atoms with E-state index < -0.39 is 0 Å². The number of aromatic nitrogens is 1. The van der Waals surface area contributed by atoms with Crippen molar-refractivity contribution in [3.8, 4) is 0 Å². The summed E-state index contributed by atoms with van der Waals surface area (Å²) in [6.07, 6.45) is 0.267. The van der Waals surface area contributed by atoms with Crippen LogP contribution in [0.5, 0.6) is 0 Å². The van der Waals surface area contributed by atoms with Crippen LogP contribution in [0.15, 0.2) is 53.2 Å². The second kappa shape index (κ2) is 9.30. The Bertz CT molecular complexity index is 948. The van der Waals surface area contributed by atoms with Gasteiger partial charge in [0.1, 0.15) is 0 Å². The van der Waals surface area contributed by atoms with Crippen LogP contribution in [0, 0.1) is 0 Å². The summed E-state index contributed by atoms with van der Waals surface area (Å²) in [6, 6.07) is 13.2. The van der Waals surface area contributed by atoms with Crippen molar-refractivity contribution in [3.63, 3.8) is 0 Å². The minimum Gasteiger partial charge on any atom is -0.340 e. The average Bonchev–Trinajstić information content (AvgIpc) is 3.41. The molecule has 0 spiro atoms. The van der Waals surface area contributed by atoms with E-state index >= 15 is 0 Å². The highest BCUT2D eigenvalue weighted by atomic mass is 32.1. The van der Waals surface area contributed by atoms with Gasteiger partial charge in [-0.15, -0.1) is 22.7 Å². The number of thiophene rings is 1. The summed E-state index contributed by atoms with van der Waals surface area (Å²) in [7, 11) is 0. The van der Waals surface area contributed by atoms with Crippen LogP contribution in [0.2, 0.25) is 0 Å². The number of thiazole rings is 1. The number of piperazine rings is 1. The third kappa shape index (κ3) is 5.29. The van der Waals surface area contributed by atoms with Gasteiger partial charge >= 0.3 is 0 Å². The van der Waals surface area contributed by atoms with Crippen molar-refractivity contribution < 1.29 is 9.59 Å². The lowest BCUT2D eigenvalue weighted by atomic mass is 10.2. The second-order valence-electron chi connectivity index (χ2n) is 6.88. The molecule has 0 atom stereocenters. The zero-order valence-electron chi connectivity index (χ0n) is 15.9. The van der Waals surface area contributed by atoms with Crippen LogP contribution in [0.4, 0.5) is 5.13 Å². The van der Waals surface area contributed by atoms with Crippen molar-refractivity contribution >= 4 is 39.6 Å². The average molecular weight is 427 g/mol. The van der Waals surface area contributed by atoms with Gasteiger partial charge in [-0.3, -0.25) is 19.8 Å². The highest BCUT2D eigenvalue weighted by Gasteiger charge is 2.22. The zero-order valence-corrected chi connectivity index (χ0v) is 17.5. The Morgan fingerprint density at radius 2 is 1.79 bits per heavy atom. The smallest absolute Gasteiger partial charge is 0.257 e. The lowest BCUT2D eigenvalue weighted by Gasteiger charge is -2.34. The number of nitrogens with zero attached hydrogens (tertiary/aromatic N) is 3. The number of nitrogens with one attached hydrogen (secondary N) is 1. The summed E-state index contributed by atoms with van der Waals surface area (Å²) < 4.78 is 0. The van der Waals surface area contributed by atoms with E-state index in [0.717, 1.165) is 32.7 Å². The Hall–Kier alpha value is -2.55. The molecule has 2 aromatic heterocycles. The van der Waals surface area contributed by atoms with Crippen LogP contribution in [-0.2, 0) is 17.8 Å². The summed E-state index contributed by atoms with van der Waals surface area (Å²) in [5, 5.41) is 7.25. The van der Waals surface area contributed by atoms with Crippen LogP contribution in [-0.4, -0.2) is 52.8 Å². The molecule has 1 fully saturated rings. The molecule has 4 rings (SSSR count). The molecule has 1 N–H and O–H groups in total. The van der Waals surface area contributed by atoms with Crippen molar-refractivity contribution in [1.29, 1.82) is 0 Å². The number of anilines is 1. The summed E-state index contributed by atoms with van der Waals surface area (Å²) in [6.45, 7) is 4.21. The van der Waals surface area contributed by atoms with Gasteiger partial charge < -0.3 is 4.90 Å². The number of hydrogen-bond acceptors (Lipinski definition) is 6. The predicted molar refractivity (Wildman–Crippen MR) is 116 cm³/mol. The number of carbonyl (C=O) groups excluding carboxylic acids is 2. The molecule has 1 saturated heterocycles. The van der Waals surface area contributed by atoms with E-state index in [9.17, 15) is 9.59 Å². The standard InChI is InChI=1S/C21H22N4O2S2/c26-19(25-10-8-24(9-11-25)14-18-7-4-12-28-18)13-17-15-29-21(22-17)23-20(27)16-5-2-1-3-6-16/h1-7,12,15H,8-11,13-14H2,(H,22,23,27). The van der Waals surface area contributed by atoms with E-state index in [4.69, 9.17) is 0 Å². The molecule has 3 aromatic rings. The molecule has 0 bridgehead atoms. The number of hydrogen-bond donors (Lipinski definition) is 1. The summed E-state index contributed by atoms with van der Waals surface area (Å²) >= 11 is 3.11. The summed E-state index contributed by atoms with van der Waals surface area (Å²) in [5.74, 6) is -0.105. The third-order valence-electron chi connectivity index (χ3n) is 4.83. The van der Waals surface area contributed by atoms with Crippen LogP contribution < -0.4 is 5.32 Å². The molecule has 0 unspecified atom stereocenters. The fraction of sp³-hybridized carbons (Fsp3) is 0.286. The Kier molecular flexibility index (Phi) is 6.33. The van der Waals surface area contributed by atoms with Crippen molar-refractivity contribution in [3.05, 3.63) is 69.4 Å². The molecule has 1 aliphatic rings. The molecule has 0 radical (unpaired) electrons. The number of benzene rings is 1. The third-order valence-corrected chi connectivity index (χ3v) is 6.49. The van der Waals surface area contributed by atoms with Crippen LogP contribution in [0.25, 0.3) is 0 Å². The maximum absolute atomic E-state index is 12.6. The molecule has 3 heterocycles. The van der Waals surface area contributed by atoms with Gasteiger partial charge in [0.2, 0.25) is 5.91 Å². The van der Waals surface area contributed by atoms with Gasteiger partial charge in [0.05, 0.1) is 12.1 Å². The fourth-order valence-corrected chi connectivity index (χ4v) is 4.70. The molecule has 1 aromatic carbocycles. The first-order chi connectivity index (χ1) is 14.2. The van der Waals surface area contributed by atoms with Gasteiger partial charge in [0, 0.05) is 48.5 Å². The van der Waals surface area contributed by atoms with Crippen molar-refractivity contribution in [1.82, 2.24) is 14.8 Å². The van der Waals surface area contributed by atoms with Crippen LogP contribution in [0.1, 0.15) is 20.9 Å². The summed E-state index contributed by atoms with van der Waals surface area (Å²) in [4.78, 5) is 34.9. The fourth-order valence-electron chi connectivity index (χ4n) is 3.25. The molecular weight excluding hydrogens is 404 g/mol. The normalized spacial score (nSPS) is 14.7. The monoisotopic (exact) mass is 426 g/mol. The van der Waals surface area contributed by atoms with E-state index in [-0.39, 0.29) is 18.2 Å². The van der Waals surface area contributed by atoms with E-state index in [1.807, 2.05) is 28.5 Å². The second-order valence-corrected chi connectivity index (χ2v) is 8.77. The van der Waals surface area contributed by atoms with Gasteiger partial charge in [0.15, 0.2) is 5.13 Å². The number of rotatable bonds is 6. The largest absolute Gasteiger partial charge is 0.340 e. The highest BCUT2D eigenvalue weighted by molar-refractivity contribution is 7.14. The summed E-state index contributed by atoms with van der Waals surface area (Å²) in [5.41, 5.74) is 1.28. The number of carbonyl (C=O) groups is 2. The van der Waals surface area contributed by atoms with Crippen molar-refractivity contribution in [2.75, 3.05) is 31.5 Å². The van der Waals surface area contributed by atoms with Gasteiger partial charge in [-0.25, -0.2) is 4.98 Å². The predicted octanol–water partition coefficient (Wildman–Crippen LogP) is 3.34. The van der Waals surface area contributed by atoms with E-state index in [1.54, 1.807) is 23.5 Å². The Labute approximate surface area is 177 Å². The lowest BCUT2D eigenvalue weighted by molar-refractivity contribution is -0.132. The molecule has 0 aliphatic carbocycles. The SMILES string of the molecule is O=C(Nc1nc(CC(=O)N2CCN(Cc3cccs3)CC2)cs1)c1ccccc1. The Balaban J connectivity index is 1.26. The maximum atomic E-state index is 12.6. The molecule has 29 heavy (non-hydrogen) atoms. The molecule has 6 nitrogen and oxygen atoms in total. The molecule has 150 valence electrons. The van der Waals surface area contributed by atoms with Crippen LogP contribution >= 0.6 is 22.7 Å². The quantitative estimate of drug-likeness (QED) is 0.657. The highest BCUT2D eigenvalue weighted by Crippen LogP contribution is 2.18. The zero-order chi connectivity index (χ0) is 20.1. The number of amides is 2. The first kappa shape index (κ1) is 19.8.